The second-order valence-corrected chi connectivity index (χ2v) is 8.03. The second kappa shape index (κ2) is 7.13. The Labute approximate surface area is 151 Å². The molecule has 1 N–H and O–H groups in total. The minimum absolute atomic E-state index is 0.0243. The molecule has 24 heavy (non-hydrogen) atoms. The van der Waals surface area contributed by atoms with Crippen LogP contribution in [0.5, 0.6) is 5.75 Å². The van der Waals surface area contributed by atoms with Gasteiger partial charge in [0, 0.05) is 10.9 Å². The highest BCUT2D eigenvalue weighted by atomic mass is 79.9. The number of carbonyl (C=O) groups excluding carboxylic acids is 2. The number of nitrogens with one attached hydrogen (secondary N) is 1. The van der Waals surface area contributed by atoms with Crippen molar-refractivity contribution in [3.8, 4) is 5.75 Å². The predicted molar refractivity (Wildman–Crippen MR) is 95.6 cm³/mol. The molecular weight excluding hydrogens is 374 g/mol. The average Bonchev–Trinajstić information content (AvgIpc) is 3.22. The fraction of sp³-hybridized carbons (Fsp3) is 0.556. The molecule has 1 aromatic carbocycles. The smallest absolute Gasteiger partial charge is 0.408 e. The van der Waals surface area contributed by atoms with Gasteiger partial charge < -0.3 is 14.8 Å². The van der Waals surface area contributed by atoms with Gasteiger partial charge in [-0.2, -0.15) is 0 Å². The Hall–Kier alpha value is -1.56. The lowest BCUT2D eigenvalue weighted by Gasteiger charge is -2.24. The molecule has 0 radical (unpaired) electrons. The van der Waals surface area contributed by atoms with E-state index >= 15 is 0 Å². The van der Waals surface area contributed by atoms with Gasteiger partial charge in [-0.3, -0.25) is 4.79 Å². The van der Waals surface area contributed by atoms with Crippen molar-refractivity contribution < 1.29 is 19.1 Å². The molecule has 2 rings (SSSR count). The third-order valence-corrected chi connectivity index (χ3v) is 4.18. The van der Waals surface area contributed by atoms with Gasteiger partial charge in [0.25, 0.3) is 0 Å². The first kappa shape index (κ1) is 18.8. The maximum atomic E-state index is 12.1. The number of hydrogen-bond donors (Lipinski definition) is 1. The van der Waals surface area contributed by atoms with Crippen molar-refractivity contribution >= 4 is 27.8 Å². The number of amides is 1. The topological polar surface area (TPSA) is 64.6 Å². The summed E-state index contributed by atoms with van der Waals surface area (Å²) in [6, 6.07) is 5.38. The lowest BCUT2D eigenvalue weighted by Crippen LogP contribution is -2.44. The number of benzene rings is 1. The van der Waals surface area contributed by atoms with E-state index in [0.717, 1.165) is 17.3 Å². The predicted octanol–water partition coefficient (Wildman–Crippen LogP) is 4.48. The van der Waals surface area contributed by atoms with Gasteiger partial charge >= 0.3 is 6.09 Å². The van der Waals surface area contributed by atoms with E-state index in [0.29, 0.717) is 24.3 Å². The number of rotatable bonds is 6. The van der Waals surface area contributed by atoms with Gasteiger partial charge in [0.15, 0.2) is 5.78 Å². The summed E-state index contributed by atoms with van der Waals surface area (Å²) in [7, 11) is 0. The summed E-state index contributed by atoms with van der Waals surface area (Å²) >= 11 is 3.38. The number of hydrogen-bond acceptors (Lipinski definition) is 4. The summed E-state index contributed by atoms with van der Waals surface area (Å²) in [4.78, 5) is 24.0. The Bertz CT molecular complexity index is 632. The van der Waals surface area contributed by atoms with E-state index in [-0.39, 0.29) is 5.78 Å². The van der Waals surface area contributed by atoms with E-state index in [9.17, 15) is 9.59 Å². The molecular formula is C18H24BrNO4. The van der Waals surface area contributed by atoms with Crippen LogP contribution in [0.15, 0.2) is 22.7 Å². The molecule has 0 heterocycles. The molecule has 6 heteroatoms. The summed E-state index contributed by atoms with van der Waals surface area (Å²) < 4.78 is 12.0. The van der Waals surface area contributed by atoms with E-state index < -0.39 is 17.2 Å². The fourth-order valence-electron chi connectivity index (χ4n) is 2.23. The fourth-order valence-corrected chi connectivity index (χ4v) is 2.59. The van der Waals surface area contributed by atoms with Crippen molar-refractivity contribution in [2.75, 3.05) is 6.61 Å². The van der Waals surface area contributed by atoms with Crippen LogP contribution in [0.2, 0.25) is 0 Å². The maximum absolute atomic E-state index is 12.1. The molecule has 0 aromatic heterocycles. The van der Waals surface area contributed by atoms with E-state index in [1.807, 2.05) is 33.8 Å². The Morgan fingerprint density at radius 2 is 1.96 bits per heavy atom. The molecule has 0 saturated heterocycles. The van der Waals surface area contributed by atoms with E-state index in [1.165, 1.54) is 0 Å². The molecule has 1 aromatic rings. The Kier molecular flexibility index (Phi) is 5.58. The summed E-state index contributed by atoms with van der Waals surface area (Å²) in [5, 5.41) is 2.89. The lowest BCUT2D eigenvalue weighted by molar-refractivity contribution is 0.0476. The highest BCUT2D eigenvalue weighted by molar-refractivity contribution is 9.10. The molecule has 1 saturated carbocycles. The van der Waals surface area contributed by atoms with Gasteiger partial charge in [0.05, 0.1) is 11.1 Å². The lowest BCUT2D eigenvalue weighted by atomic mass is 10.1. The first-order chi connectivity index (χ1) is 11.1. The van der Waals surface area contributed by atoms with Crippen LogP contribution < -0.4 is 10.1 Å². The number of ether oxygens (including phenoxy) is 2. The van der Waals surface area contributed by atoms with Crippen LogP contribution in [-0.4, -0.2) is 29.6 Å². The first-order valence-corrected chi connectivity index (χ1v) is 8.90. The standard InChI is InChI=1S/C18H24BrNO4/c1-5-14(21)13-10-12(19)6-7-15(13)23-11-18(8-9-18)20-16(22)24-17(2,3)4/h6-7,10H,5,8-9,11H2,1-4H3,(H,20,22). The molecule has 5 nitrogen and oxygen atoms in total. The maximum Gasteiger partial charge on any atom is 0.408 e. The van der Waals surface area contributed by atoms with Crippen LogP contribution in [0.4, 0.5) is 4.79 Å². The zero-order chi connectivity index (χ0) is 18.0. The number of alkyl carbamates (subject to hydrolysis) is 1. The first-order valence-electron chi connectivity index (χ1n) is 8.11. The monoisotopic (exact) mass is 397 g/mol. The van der Waals surface area contributed by atoms with E-state index in [4.69, 9.17) is 9.47 Å². The highest BCUT2D eigenvalue weighted by Crippen LogP contribution is 2.37. The van der Waals surface area contributed by atoms with E-state index in [2.05, 4.69) is 21.2 Å². The van der Waals surface area contributed by atoms with Gasteiger partial charge in [0.2, 0.25) is 0 Å². The van der Waals surface area contributed by atoms with Crippen molar-refractivity contribution in [2.24, 2.45) is 0 Å². The quantitative estimate of drug-likeness (QED) is 0.718. The summed E-state index contributed by atoms with van der Waals surface area (Å²) in [5.74, 6) is 0.568. The number of Topliss-reactive ketones (excluding diaryl/α,β-unsaturated/α-hetero) is 1. The Balaban J connectivity index is 2.01. The SMILES string of the molecule is CCC(=O)c1cc(Br)ccc1OCC1(NC(=O)OC(C)(C)C)CC1. The van der Waals surface area contributed by atoms with Crippen molar-refractivity contribution in [3.05, 3.63) is 28.2 Å². The molecule has 132 valence electrons. The zero-order valence-electron chi connectivity index (χ0n) is 14.6. The van der Waals surface area contributed by atoms with Crippen LogP contribution in [-0.2, 0) is 4.74 Å². The third kappa shape index (κ3) is 5.23. The number of halogens is 1. The average molecular weight is 398 g/mol. The van der Waals surface area contributed by atoms with Crippen LogP contribution in [0.3, 0.4) is 0 Å². The Morgan fingerprint density at radius 1 is 1.29 bits per heavy atom. The molecule has 1 fully saturated rings. The number of carbonyl (C=O) groups is 2. The summed E-state index contributed by atoms with van der Waals surface area (Å²) in [5.41, 5.74) is -0.380. The van der Waals surface area contributed by atoms with E-state index in [1.54, 1.807) is 12.1 Å². The molecule has 1 aliphatic carbocycles. The second-order valence-electron chi connectivity index (χ2n) is 7.11. The molecule has 0 bridgehead atoms. The third-order valence-electron chi connectivity index (χ3n) is 3.69. The van der Waals surface area contributed by atoms with Gasteiger partial charge in [-0.25, -0.2) is 4.79 Å². The van der Waals surface area contributed by atoms with Crippen molar-refractivity contribution in [3.63, 3.8) is 0 Å². The van der Waals surface area contributed by atoms with Gasteiger partial charge in [0.1, 0.15) is 18.0 Å². The largest absolute Gasteiger partial charge is 0.490 e. The molecule has 1 amide bonds. The molecule has 0 aliphatic heterocycles. The number of ketones is 1. The minimum Gasteiger partial charge on any atom is -0.490 e. The van der Waals surface area contributed by atoms with Crippen LogP contribution >= 0.6 is 15.9 Å². The minimum atomic E-state index is -0.534. The molecule has 1 aliphatic rings. The highest BCUT2D eigenvalue weighted by Gasteiger charge is 2.46. The Morgan fingerprint density at radius 3 is 2.50 bits per heavy atom. The molecule has 0 spiro atoms. The van der Waals surface area contributed by atoms with Crippen molar-refractivity contribution in [2.45, 2.75) is 58.1 Å². The molecule has 0 atom stereocenters. The van der Waals surface area contributed by atoms with Gasteiger partial charge in [-0.15, -0.1) is 0 Å². The zero-order valence-corrected chi connectivity index (χ0v) is 16.2. The van der Waals surface area contributed by atoms with Gasteiger partial charge in [-0.05, 0) is 51.8 Å². The van der Waals surface area contributed by atoms with Crippen LogP contribution in [0, 0.1) is 0 Å². The van der Waals surface area contributed by atoms with Crippen molar-refractivity contribution in [1.82, 2.24) is 5.32 Å². The van der Waals surface area contributed by atoms with Gasteiger partial charge in [-0.1, -0.05) is 22.9 Å². The summed E-state index contributed by atoms with van der Waals surface area (Å²) in [6.07, 6.45) is 1.64. The van der Waals surface area contributed by atoms with Crippen molar-refractivity contribution in [1.29, 1.82) is 0 Å². The van der Waals surface area contributed by atoms with Crippen LogP contribution in [0.25, 0.3) is 0 Å². The molecule has 0 unspecified atom stereocenters. The van der Waals surface area contributed by atoms with Crippen LogP contribution in [0.1, 0.15) is 57.3 Å². The summed E-state index contributed by atoms with van der Waals surface area (Å²) in [6.45, 7) is 7.62. The normalized spacial score (nSPS) is 15.5.